The van der Waals surface area contributed by atoms with Crippen LogP contribution >= 0.6 is 11.6 Å². The number of aryl methyl sites for hydroxylation is 2. The average molecular weight is 283 g/mol. The van der Waals surface area contributed by atoms with Crippen molar-refractivity contribution < 1.29 is 4.79 Å². The van der Waals surface area contributed by atoms with Gasteiger partial charge >= 0.3 is 0 Å². The van der Waals surface area contributed by atoms with E-state index in [1.165, 1.54) is 32.1 Å². The highest BCUT2D eigenvalue weighted by Gasteiger charge is 2.22. The molecule has 1 fully saturated rings. The molecule has 3 nitrogen and oxygen atoms in total. The lowest BCUT2D eigenvalue weighted by Crippen LogP contribution is -2.19. The van der Waals surface area contributed by atoms with Gasteiger partial charge in [0.05, 0.1) is 22.8 Å². The predicted molar refractivity (Wildman–Crippen MR) is 77.5 cm³/mol. The van der Waals surface area contributed by atoms with Crippen LogP contribution in [0.4, 0.5) is 0 Å². The minimum Gasteiger partial charge on any atom is -0.299 e. The summed E-state index contributed by atoms with van der Waals surface area (Å²) in [6.45, 7) is 1.88. The summed E-state index contributed by atoms with van der Waals surface area (Å²) in [5, 5.41) is 4.93. The molecule has 1 aromatic heterocycles. The molecule has 4 heteroatoms. The second-order valence-electron chi connectivity index (χ2n) is 5.65. The Kier molecular flexibility index (Phi) is 5.03. The van der Waals surface area contributed by atoms with Crippen molar-refractivity contribution in [2.45, 2.75) is 58.3 Å². The number of ketones is 1. The minimum atomic E-state index is 0.228. The number of nitrogens with zero attached hydrogens (tertiary/aromatic N) is 2. The molecule has 0 N–H and O–H groups in total. The maximum Gasteiger partial charge on any atom is 0.141 e. The molecule has 106 valence electrons. The Bertz CT molecular complexity index is 445. The van der Waals surface area contributed by atoms with Crippen molar-refractivity contribution in [3.63, 3.8) is 0 Å². The van der Waals surface area contributed by atoms with Crippen molar-refractivity contribution in [3.05, 3.63) is 16.4 Å². The van der Waals surface area contributed by atoms with Crippen molar-refractivity contribution in [1.82, 2.24) is 9.78 Å². The van der Waals surface area contributed by atoms with Gasteiger partial charge in [0.2, 0.25) is 0 Å². The van der Waals surface area contributed by atoms with Crippen LogP contribution in [0.15, 0.2) is 0 Å². The highest BCUT2D eigenvalue weighted by molar-refractivity contribution is 6.32. The zero-order valence-corrected chi connectivity index (χ0v) is 12.7. The maximum absolute atomic E-state index is 12.4. The Morgan fingerprint density at radius 2 is 1.84 bits per heavy atom. The second-order valence-corrected chi connectivity index (χ2v) is 6.03. The lowest BCUT2D eigenvalue weighted by Gasteiger charge is -2.18. The number of carbonyl (C=O) groups excluding carboxylic acids is 1. The van der Waals surface area contributed by atoms with Crippen LogP contribution in [0.5, 0.6) is 0 Å². The van der Waals surface area contributed by atoms with Crippen molar-refractivity contribution in [2.75, 3.05) is 0 Å². The molecule has 1 saturated carbocycles. The van der Waals surface area contributed by atoms with Crippen molar-refractivity contribution in [2.24, 2.45) is 13.0 Å². The van der Waals surface area contributed by atoms with Gasteiger partial charge in [0.25, 0.3) is 0 Å². The summed E-state index contributed by atoms with van der Waals surface area (Å²) in [6, 6.07) is 0. The smallest absolute Gasteiger partial charge is 0.141 e. The van der Waals surface area contributed by atoms with E-state index in [0.29, 0.717) is 17.2 Å². The van der Waals surface area contributed by atoms with Crippen LogP contribution in [-0.2, 0) is 18.3 Å². The summed E-state index contributed by atoms with van der Waals surface area (Å²) < 4.78 is 1.75. The SMILES string of the molecule is Cc1nn(C)c(CC(=O)C2CCCCCCC2)c1Cl. The summed E-state index contributed by atoms with van der Waals surface area (Å²) in [4.78, 5) is 12.4. The normalized spacial score (nSPS) is 18.1. The fraction of sp³-hybridized carbons (Fsp3) is 0.733. The van der Waals surface area contributed by atoms with Crippen LogP contribution in [0.3, 0.4) is 0 Å². The van der Waals surface area contributed by atoms with Gasteiger partial charge in [-0.05, 0) is 19.8 Å². The van der Waals surface area contributed by atoms with Gasteiger partial charge in [0, 0.05) is 13.0 Å². The molecule has 1 aliphatic rings. The molecule has 0 amide bonds. The minimum absolute atomic E-state index is 0.228. The van der Waals surface area contributed by atoms with Crippen LogP contribution in [0, 0.1) is 12.8 Å². The van der Waals surface area contributed by atoms with E-state index in [0.717, 1.165) is 24.2 Å². The third-order valence-corrected chi connectivity index (χ3v) is 4.66. The fourth-order valence-corrected chi connectivity index (χ4v) is 3.19. The van der Waals surface area contributed by atoms with E-state index in [1.54, 1.807) is 4.68 Å². The average Bonchev–Trinajstić information content (AvgIpc) is 2.55. The van der Waals surface area contributed by atoms with Crippen molar-refractivity contribution in [1.29, 1.82) is 0 Å². The number of hydrogen-bond donors (Lipinski definition) is 0. The number of halogens is 1. The topological polar surface area (TPSA) is 34.9 Å². The Morgan fingerprint density at radius 1 is 1.26 bits per heavy atom. The van der Waals surface area contributed by atoms with Gasteiger partial charge in [-0.3, -0.25) is 9.48 Å². The van der Waals surface area contributed by atoms with E-state index in [4.69, 9.17) is 11.6 Å². The number of aromatic nitrogens is 2. The molecule has 0 aromatic carbocycles. The highest BCUT2D eigenvalue weighted by Crippen LogP contribution is 2.26. The third-order valence-electron chi connectivity index (χ3n) is 4.16. The molecule has 19 heavy (non-hydrogen) atoms. The molecule has 1 aliphatic carbocycles. The molecular formula is C15H23ClN2O. The van der Waals surface area contributed by atoms with E-state index >= 15 is 0 Å². The van der Waals surface area contributed by atoms with Gasteiger partial charge in [0.1, 0.15) is 5.78 Å². The molecular weight excluding hydrogens is 260 g/mol. The van der Waals surface area contributed by atoms with E-state index in [2.05, 4.69) is 5.10 Å². The predicted octanol–water partition coefficient (Wildman–Crippen LogP) is 3.85. The first-order valence-corrected chi connectivity index (χ1v) is 7.68. The Morgan fingerprint density at radius 3 is 2.37 bits per heavy atom. The molecule has 1 aromatic rings. The van der Waals surface area contributed by atoms with Crippen LogP contribution < -0.4 is 0 Å². The molecule has 0 bridgehead atoms. The van der Waals surface area contributed by atoms with Crippen LogP contribution in [-0.4, -0.2) is 15.6 Å². The molecule has 0 radical (unpaired) electrons. The lowest BCUT2D eigenvalue weighted by molar-refractivity contribution is -0.122. The number of rotatable bonds is 3. The molecule has 0 saturated heterocycles. The Balaban J connectivity index is 2.02. The van der Waals surface area contributed by atoms with Crippen molar-refractivity contribution in [3.8, 4) is 0 Å². The number of hydrogen-bond acceptors (Lipinski definition) is 2. The van der Waals surface area contributed by atoms with Gasteiger partial charge < -0.3 is 0 Å². The second kappa shape index (κ2) is 6.56. The monoisotopic (exact) mass is 282 g/mol. The lowest BCUT2D eigenvalue weighted by atomic mass is 9.86. The number of Topliss-reactive ketones (excluding diaryl/α,β-unsaturated/α-hetero) is 1. The molecule has 1 heterocycles. The van der Waals surface area contributed by atoms with Crippen LogP contribution in [0.1, 0.15) is 56.3 Å². The largest absolute Gasteiger partial charge is 0.299 e. The standard InChI is InChI=1S/C15H23ClN2O/c1-11-15(16)13(18(2)17-11)10-14(19)12-8-6-4-3-5-7-9-12/h12H,3-10H2,1-2H3. The summed E-state index contributed by atoms with van der Waals surface area (Å²) in [5.74, 6) is 0.568. The summed E-state index contributed by atoms with van der Waals surface area (Å²) >= 11 is 6.22. The van der Waals surface area contributed by atoms with Crippen molar-refractivity contribution >= 4 is 17.4 Å². The van der Waals surface area contributed by atoms with Gasteiger partial charge in [0.15, 0.2) is 0 Å². The van der Waals surface area contributed by atoms with E-state index in [1.807, 2.05) is 14.0 Å². The first-order valence-electron chi connectivity index (χ1n) is 7.30. The van der Waals surface area contributed by atoms with Gasteiger partial charge in [-0.15, -0.1) is 0 Å². The van der Waals surface area contributed by atoms with Crippen LogP contribution in [0.2, 0.25) is 5.02 Å². The highest BCUT2D eigenvalue weighted by atomic mass is 35.5. The quantitative estimate of drug-likeness (QED) is 0.844. The molecule has 2 rings (SSSR count). The Labute approximate surface area is 120 Å². The maximum atomic E-state index is 12.4. The van der Waals surface area contributed by atoms with E-state index < -0.39 is 0 Å². The fourth-order valence-electron chi connectivity index (χ4n) is 2.96. The molecule has 0 spiro atoms. The van der Waals surface area contributed by atoms with Crippen LogP contribution in [0.25, 0.3) is 0 Å². The molecule has 0 atom stereocenters. The zero-order valence-electron chi connectivity index (χ0n) is 11.9. The van der Waals surface area contributed by atoms with E-state index in [-0.39, 0.29) is 5.92 Å². The van der Waals surface area contributed by atoms with Gasteiger partial charge in [-0.2, -0.15) is 5.10 Å². The van der Waals surface area contributed by atoms with Gasteiger partial charge in [-0.1, -0.05) is 43.7 Å². The summed E-state index contributed by atoms with van der Waals surface area (Å²) in [5.41, 5.74) is 1.68. The molecule has 0 unspecified atom stereocenters. The van der Waals surface area contributed by atoms with Gasteiger partial charge in [-0.25, -0.2) is 0 Å². The summed E-state index contributed by atoms with van der Waals surface area (Å²) in [7, 11) is 1.86. The zero-order chi connectivity index (χ0) is 13.8. The Hall–Kier alpha value is -0.830. The molecule has 0 aliphatic heterocycles. The first kappa shape index (κ1) is 14.6. The first-order chi connectivity index (χ1) is 9.09. The third kappa shape index (κ3) is 3.59. The summed E-state index contributed by atoms with van der Waals surface area (Å²) in [6.07, 6.45) is 8.78. The number of carbonyl (C=O) groups is 1. The van der Waals surface area contributed by atoms with E-state index in [9.17, 15) is 4.79 Å².